The molecule has 0 bridgehead atoms. The minimum absolute atomic E-state index is 0.0912. The Morgan fingerprint density at radius 3 is 2.48 bits per heavy atom. The van der Waals surface area contributed by atoms with Gasteiger partial charge in [0.2, 0.25) is 0 Å². The molecule has 5 rings (SSSR count). The Bertz CT molecular complexity index is 1220. The zero-order valence-corrected chi connectivity index (χ0v) is 19.0. The van der Waals surface area contributed by atoms with Crippen molar-refractivity contribution in [3.05, 3.63) is 96.4 Å². The lowest BCUT2D eigenvalue weighted by atomic mass is 10.1. The number of hydrogen-bond acceptors (Lipinski definition) is 6. The molecule has 1 saturated heterocycles. The Morgan fingerprint density at radius 1 is 0.909 bits per heavy atom. The average Bonchev–Trinajstić information content (AvgIpc) is 2.88. The summed E-state index contributed by atoms with van der Waals surface area (Å²) in [6.45, 7) is 4.10. The number of amides is 1. The zero-order chi connectivity index (χ0) is 22.5. The highest BCUT2D eigenvalue weighted by molar-refractivity contribution is 8.00. The molecule has 0 unspecified atom stereocenters. The van der Waals surface area contributed by atoms with Gasteiger partial charge in [0.15, 0.2) is 0 Å². The van der Waals surface area contributed by atoms with Crippen LogP contribution < -0.4 is 4.72 Å². The predicted molar refractivity (Wildman–Crippen MR) is 133 cm³/mol. The molecule has 3 heterocycles. The fourth-order valence-electron chi connectivity index (χ4n) is 3.99. The first-order valence-electron chi connectivity index (χ1n) is 11.0. The number of hydrogen-bond donors (Lipinski definition) is 1. The minimum Gasteiger partial charge on any atom is -0.336 e. The quantitative estimate of drug-likeness (QED) is 0.425. The van der Waals surface area contributed by atoms with Crippen molar-refractivity contribution in [2.24, 2.45) is 0 Å². The minimum atomic E-state index is 0.0912. The van der Waals surface area contributed by atoms with Crippen LogP contribution in [-0.4, -0.2) is 51.9 Å². The second-order valence-corrected chi connectivity index (χ2v) is 8.89. The van der Waals surface area contributed by atoms with Crippen LogP contribution in [0.25, 0.3) is 10.9 Å². The summed E-state index contributed by atoms with van der Waals surface area (Å²) in [5, 5.41) is 1.12. The van der Waals surface area contributed by atoms with Gasteiger partial charge in [0.1, 0.15) is 0 Å². The molecule has 4 aromatic rings. The van der Waals surface area contributed by atoms with Crippen molar-refractivity contribution in [3.63, 3.8) is 0 Å². The Balaban J connectivity index is 1.15. The van der Waals surface area contributed by atoms with Crippen LogP contribution >= 0.6 is 11.9 Å². The third-order valence-corrected chi connectivity index (χ3v) is 6.68. The molecule has 1 fully saturated rings. The largest absolute Gasteiger partial charge is 0.336 e. The van der Waals surface area contributed by atoms with Gasteiger partial charge in [-0.1, -0.05) is 24.3 Å². The summed E-state index contributed by atoms with van der Waals surface area (Å²) in [4.78, 5) is 27.0. The maximum Gasteiger partial charge on any atom is 0.253 e. The lowest BCUT2D eigenvalue weighted by Gasteiger charge is -2.34. The molecule has 2 aromatic heterocycles. The third-order valence-electron chi connectivity index (χ3n) is 5.79. The highest BCUT2D eigenvalue weighted by Gasteiger charge is 2.22. The molecule has 0 spiro atoms. The van der Waals surface area contributed by atoms with Gasteiger partial charge in [0.05, 0.1) is 10.4 Å². The molecule has 1 amide bonds. The molecular formula is C26H25N5OS. The van der Waals surface area contributed by atoms with Gasteiger partial charge in [-0.3, -0.25) is 19.7 Å². The summed E-state index contributed by atoms with van der Waals surface area (Å²) >= 11 is 1.53. The first-order chi connectivity index (χ1) is 16.3. The zero-order valence-electron chi connectivity index (χ0n) is 18.2. The number of benzene rings is 2. The normalized spacial score (nSPS) is 14.4. The van der Waals surface area contributed by atoms with Crippen molar-refractivity contribution >= 4 is 34.4 Å². The first kappa shape index (κ1) is 21.4. The fourth-order valence-corrected chi connectivity index (χ4v) is 4.77. The molecule has 166 valence electrons. The third kappa shape index (κ3) is 5.16. The molecule has 0 atom stereocenters. The van der Waals surface area contributed by atoms with Crippen LogP contribution in [0.2, 0.25) is 0 Å². The van der Waals surface area contributed by atoms with E-state index in [1.165, 1.54) is 17.5 Å². The predicted octanol–water partition coefficient (Wildman–Crippen LogP) is 4.71. The van der Waals surface area contributed by atoms with Gasteiger partial charge < -0.3 is 9.62 Å². The molecule has 6 nitrogen and oxygen atoms in total. The van der Waals surface area contributed by atoms with Crippen molar-refractivity contribution in [3.8, 4) is 0 Å². The van der Waals surface area contributed by atoms with Crippen LogP contribution in [-0.2, 0) is 6.54 Å². The number of pyridine rings is 2. The molecule has 0 aliphatic carbocycles. The van der Waals surface area contributed by atoms with E-state index in [4.69, 9.17) is 0 Å². The van der Waals surface area contributed by atoms with E-state index in [2.05, 4.69) is 43.9 Å². The van der Waals surface area contributed by atoms with Crippen molar-refractivity contribution < 1.29 is 4.79 Å². The molecule has 1 aliphatic heterocycles. The van der Waals surface area contributed by atoms with E-state index in [9.17, 15) is 4.79 Å². The van der Waals surface area contributed by atoms with Crippen LogP contribution in [0.15, 0.2) is 90.2 Å². The number of nitrogens with zero attached hydrogens (tertiary/aromatic N) is 4. The smallest absolute Gasteiger partial charge is 0.253 e. The number of fused-ring (bicyclic) bond motifs is 1. The Hall–Kier alpha value is -3.42. The summed E-state index contributed by atoms with van der Waals surface area (Å²) in [6, 6.07) is 21.9. The number of anilines is 1. The molecule has 0 radical (unpaired) electrons. The van der Waals surface area contributed by atoms with E-state index < -0.39 is 0 Å². The van der Waals surface area contributed by atoms with E-state index in [0.717, 1.165) is 59.8 Å². The summed E-state index contributed by atoms with van der Waals surface area (Å²) in [5.41, 5.74) is 3.85. The highest BCUT2D eigenvalue weighted by atomic mass is 32.2. The van der Waals surface area contributed by atoms with Crippen LogP contribution in [0.1, 0.15) is 15.9 Å². The molecule has 1 aliphatic rings. The van der Waals surface area contributed by atoms with Gasteiger partial charge in [-0.25, -0.2) is 0 Å². The number of aromatic nitrogens is 2. The second-order valence-electron chi connectivity index (χ2n) is 8.04. The fraction of sp³-hybridized carbons (Fsp3) is 0.192. The van der Waals surface area contributed by atoms with Crippen LogP contribution in [0.4, 0.5) is 5.69 Å². The number of carbonyl (C=O) groups excluding carboxylic acids is 1. The Morgan fingerprint density at radius 2 is 1.70 bits per heavy atom. The number of carbonyl (C=O) groups is 1. The highest BCUT2D eigenvalue weighted by Crippen LogP contribution is 2.27. The molecule has 1 N–H and O–H groups in total. The van der Waals surface area contributed by atoms with E-state index >= 15 is 0 Å². The maximum atomic E-state index is 13.0. The van der Waals surface area contributed by atoms with Crippen molar-refractivity contribution in [1.82, 2.24) is 19.8 Å². The van der Waals surface area contributed by atoms with Gasteiger partial charge in [-0.2, -0.15) is 0 Å². The number of piperazine rings is 1. The topological polar surface area (TPSA) is 61.4 Å². The van der Waals surface area contributed by atoms with Gasteiger partial charge in [-0.15, -0.1) is 0 Å². The SMILES string of the molecule is O=C(c1ccc(NSc2cccc3cccnc23)cc1)N1CCN(Cc2cccnc2)CC1. The summed E-state index contributed by atoms with van der Waals surface area (Å²) in [7, 11) is 0. The summed E-state index contributed by atoms with van der Waals surface area (Å²) in [5.74, 6) is 0.0912. The van der Waals surface area contributed by atoms with Crippen molar-refractivity contribution in [2.75, 3.05) is 30.9 Å². The number of nitrogens with one attached hydrogen (secondary N) is 1. The summed E-state index contributed by atoms with van der Waals surface area (Å²) in [6.07, 6.45) is 5.51. The van der Waals surface area contributed by atoms with Crippen LogP contribution in [0.3, 0.4) is 0 Å². The van der Waals surface area contributed by atoms with E-state index in [-0.39, 0.29) is 5.91 Å². The number of rotatable bonds is 6. The molecule has 0 saturated carbocycles. The molecular weight excluding hydrogens is 430 g/mol. The molecule has 33 heavy (non-hydrogen) atoms. The van der Waals surface area contributed by atoms with Gasteiger partial charge in [-0.05, 0) is 60.0 Å². The lowest BCUT2D eigenvalue weighted by Crippen LogP contribution is -2.48. The Kier molecular flexibility index (Phi) is 6.51. The maximum absolute atomic E-state index is 13.0. The second kappa shape index (κ2) is 10.0. The van der Waals surface area contributed by atoms with Gasteiger partial charge in [0, 0.05) is 68.0 Å². The Labute approximate surface area is 197 Å². The molecule has 7 heteroatoms. The average molecular weight is 456 g/mol. The lowest BCUT2D eigenvalue weighted by molar-refractivity contribution is 0.0628. The van der Waals surface area contributed by atoms with Crippen LogP contribution in [0, 0.1) is 0 Å². The van der Waals surface area contributed by atoms with E-state index in [1.54, 1.807) is 6.20 Å². The van der Waals surface area contributed by atoms with Gasteiger partial charge >= 0.3 is 0 Å². The van der Waals surface area contributed by atoms with Crippen molar-refractivity contribution in [1.29, 1.82) is 0 Å². The van der Waals surface area contributed by atoms with Gasteiger partial charge in [0.25, 0.3) is 5.91 Å². The number of para-hydroxylation sites is 1. The van der Waals surface area contributed by atoms with E-state index in [1.807, 2.05) is 59.8 Å². The first-order valence-corrected chi connectivity index (χ1v) is 11.9. The van der Waals surface area contributed by atoms with Crippen LogP contribution in [0.5, 0.6) is 0 Å². The summed E-state index contributed by atoms with van der Waals surface area (Å²) < 4.78 is 3.37. The van der Waals surface area contributed by atoms with E-state index in [0.29, 0.717) is 0 Å². The standard InChI is InChI=1S/C26H25N5OS/c32-26(31-16-14-30(15-17-31)19-20-4-2-12-27-18-20)22-8-10-23(11-9-22)29-33-24-7-1-5-21-6-3-13-28-25(21)24/h1-13,18,29H,14-17,19H2. The van der Waals surface area contributed by atoms with Crippen molar-refractivity contribution in [2.45, 2.75) is 11.4 Å². The monoisotopic (exact) mass is 455 g/mol. The molecule has 2 aromatic carbocycles.